The molecule has 8 nitrogen and oxygen atoms in total. The molecule has 0 spiro atoms. The summed E-state index contributed by atoms with van der Waals surface area (Å²) in [6.45, 7) is 3.44. The lowest BCUT2D eigenvalue weighted by Crippen LogP contribution is -2.10. The normalized spacial score (nSPS) is 10.7. The van der Waals surface area contributed by atoms with Crippen LogP contribution in [0.1, 0.15) is 0 Å². The Balaban J connectivity index is 2.26. The molecule has 27 heavy (non-hydrogen) atoms. The molecule has 0 atom stereocenters. The molecule has 1 amide bonds. The number of nitrogens with zero attached hydrogens (tertiary/aromatic N) is 2. The molecule has 0 aliphatic carbocycles. The number of hydrogen-bond donors (Lipinski definition) is 5. The molecule has 0 unspecified atom stereocenters. The van der Waals surface area contributed by atoms with Gasteiger partial charge in [0, 0.05) is 37.0 Å². The van der Waals surface area contributed by atoms with E-state index in [1.807, 2.05) is 18.4 Å². The number of thioether (sulfide) groups is 1. The molecule has 140 valence electrons. The summed E-state index contributed by atoms with van der Waals surface area (Å²) in [5.74, 6) is 0.693. The molecule has 0 radical (unpaired) electrons. The van der Waals surface area contributed by atoms with Gasteiger partial charge in [0.2, 0.25) is 11.9 Å². The lowest BCUT2D eigenvalue weighted by molar-refractivity contribution is -0.111. The van der Waals surface area contributed by atoms with Gasteiger partial charge in [-0.2, -0.15) is 4.98 Å². The topological polar surface area (TPSA) is 115 Å². The Morgan fingerprint density at radius 1 is 1.30 bits per heavy atom. The number of carbonyl (C=O) groups excluding carboxylic acids is 1. The van der Waals surface area contributed by atoms with Crippen LogP contribution in [0, 0.1) is 5.41 Å². The largest absolute Gasteiger partial charge is 0.392 e. The van der Waals surface area contributed by atoms with Crippen LogP contribution in [0.5, 0.6) is 0 Å². The molecule has 5 N–H and O–H groups in total. The molecule has 0 bridgehead atoms. The van der Waals surface area contributed by atoms with Gasteiger partial charge in [0.05, 0.1) is 10.6 Å². The van der Waals surface area contributed by atoms with Crippen LogP contribution >= 0.6 is 11.8 Å². The highest BCUT2D eigenvalue weighted by atomic mass is 32.2. The summed E-state index contributed by atoms with van der Waals surface area (Å²) < 4.78 is 0. The third kappa shape index (κ3) is 5.86. The van der Waals surface area contributed by atoms with Crippen LogP contribution in [0.2, 0.25) is 0 Å². The molecule has 1 aromatic heterocycles. The summed E-state index contributed by atoms with van der Waals surface area (Å²) in [5.41, 5.74) is 1.93. The zero-order valence-corrected chi connectivity index (χ0v) is 15.9. The Bertz CT molecular complexity index is 867. The van der Waals surface area contributed by atoms with Gasteiger partial charge in [-0.25, -0.2) is 4.98 Å². The van der Waals surface area contributed by atoms with Crippen LogP contribution in [-0.4, -0.2) is 35.4 Å². The highest BCUT2D eigenvalue weighted by Gasteiger charge is 2.09. The van der Waals surface area contributed by atoms with Gasteiger partial charge >= 0.3 is 0 Å². The molecule has 2 rings (SSSR count). The predicted octanol–water partition coefficient (Wildman–Crippen LogP) is 3.19. The summed E-state index contributed by atoms with van der Waals surface area (Å²) in [4.78, 5) is 21.1. The van der Waals surface area contributed by atoms with E-state index in [0.717, 1.165) is 10.6 Å². The Morgan fingerprint density at radius 2 is 2.07 bits per heavy atom. The fourth-order valence-electron chi connectivity index (χ4n) is 2.07. The number of rotatable bonds is 9. The smallest absolute Gasteiger partial charge is 0.247 e. The van der Waals surface area contributed by atoms with E-state index in [9.17, 15) is 4.79 Å². The quantitative estimate of drug-likeness (QED) is 0.257. The Hall–Kier alpha value is -3.33. The van der Waals surface area contributed by atoms with Crippen molar-refractivity contribution in [1.29, 1.82) is 5.41 Å². The number of carbonyl (C=O) groups is 1. The number of nitrogens with one attached hydrogen (secondary N) is 5. The minimum absolute atomic E-state index is 0.277. The fraction of sp³-hybridized carbons (Fsp3) is 0.111. The third-order valence-corrected chi connectivity index (χ3v) is 4.00. The van der Waals surface area contributed by atoms with Crippen molar-refractivity contribution in [2.24, 2.45) is 0 Å². The molecule has 0 aliphatic rings. The molecule has 0 fully saturated rings. The molecule has 2 aromatic rings. The highest BCUT2D eigenvalue weighted by Crippen LogP contribution is 2.27. The summed E-state index contributed by atoms with van der Waals surface area (Å²) in [6, 6.07) is 7.27. The highest BCUT2D eigenvalue weighted by molar-refractivity contribution is 7.98. The van der Waals surface area contributed by atoms with Crippen molar-refractivity contribution in [3.8, 4) is 0 Å². The number of hydrogen-bond acceptors (Lipinski definition) is 8. The maximum absolute atomic E-state index is 11.5. The van der Waals surface area contributed by atoms with Crippen molar-refractivity contribution in [3.05, 3.63) is 55.0 Å². The maximum atomic E-state index is 11.5. The van der Waals surface area contributed by atoms with Crippen molar-refractivity contribution >= 4 is 47.0 Å². The van der Waals surface area contributed by atoms with Crippen LogP contribution in [0.4, 0.5) is 23.1 Å². The van der Waals surface area contributed by atoms with Gasteiger partial charge < -0.3 is 26.7 Å². The van der Waals surface area contributed by atoms with Crippen molar-refractivity contribution in [3.63, 3.8) is 0 Å². The van der Waals surface area contributed by atoms with Gasteiger partial charge in [-0.15, -0.1) is 11.8 Å². The monoisotopic (exact) mass is 383 g/mol. The number of anilines is 4. The standard InChI is InChI=1S/C18H21N7OS/c1-4-16(26)22-12-6-5-7-13(8-12)23-17-15(27-3)11-21-18(25-17)24-14(9-19)10-20-2/h4-11,19-20H,1H2,2-3H3,(H,22,26)(H2,21,23,24,25)/b14-10+,19-9?. The van der Waals surface area contributed by atoms with E-state index in [0.29, 0.717) is 23.2 Å². The summed E-state index contributed by atoms with van der Waals surface area (Å²) >= 11 is 1.51. The number of amides is 1. The van der Waals surface area contributed by atoms with E-state index in [4.69, 9.17) is 5.41 Å². The summed E-state index contributed by atoms with van der Waals surface area (Å²) in [6.07, 6.45) is 7.65. The lowest BCUT2D eigenvalue weighted by atomic mass is 10.2. The van der Waals surface area contributed by atoms with E-state index in [1.165, 1.54) is 24.1 Å². The molecule has 1 heterocycles. The zero-order chi connectivity index (χ0) is 19.6. The van der Waals surface area contributed by atoms with Crippen molar-refractivity contribution < 1.29 is 4.79 Å². The number of benzene rings is 1. The average Bonchev–Trinajstić information content (AvgIpc) is 2.68. The number of allylic oxidation sites excluding steroid dienone is 1. The maximum Gasteiger partial charge on any atom is 0.247 e. The van der Waals surface area contributed by atoms with Crippen LogP contribution in [-0.2, 0) is 4.79 Å². The van der Waals surface area contributed by atoms with Gasteiger partial charge in [-0.05, 0) is 30.5 Å². The Labute approximate surface area is 162 Å². The van der Waals surface area contributed by atoms with Crippen LogP contribution < -0.4 is 21.3 Å². The third-order valence-electron chi connectivity index (χ3n) is 3.26. The molecule has 1 aromatic carbocycles. The molecule has 9 heteroatoms. The first-order chi connectivity index (χ1) is 13.1. The SMILES string of the molecule is C=CC(=O)Nc1cccc(Nc2nc(N/C(C=N)=C/NC)ncc2SC)c1. The van der Waals surface area contributed by atoms with E-state index < -0.39 is 0 Å². The Kier molecular flexibility index (Phi) is 7.38. The number of aromatic nitrogens is 2. The fourth-order valence-corrected chi connectivity index (χ4v) is 2.52. The van der Waals surface area contributed by atoms with Crippen molar-refractivity contribution in [2.45, 2.75) is 4.90 Å². The minimum atomic E-state index is -0.277. The van der Waals surface area contributed by atoms with Gasteiger partial charge in [-0.3, -0.25) is 4.79 Å². The second-order valence-corrected chi connectivity index (χ2v) is 6.02. The summed E-state index contributed by atoms with van der Waals surface area (Å²) in [5, 5.41) is 19.2. The molecular formula is C18H21N7OS. The van der Waals surface area contributed by atoms with Gasteiger partial charge in [-0.1, -0.05) is 12.6 Å². The van der Waals surface area contributed by atoms with Crippen LogP contribution in [0.15, 0.2) is 59.9 Å². The second kappa shape index (κ2) is 9.97. The first-order valence-electron chi connectivity index (χ1n) is 7.96. The average molecular weight is 383 g/mol. The second-order valence-electron chi connectivity index (χ2n) is 5.17. The first-order valence-corrected chi connectivity index (χ1v) is 9.18. The van der Waals surface area contributed by atoms with Crippen LogP contribution in [0.25, 0.3) is 0 Å². The molecular weight excluding hydrogens is 362 g/mol. The van der Waals surface area contributed by atoms with Gasteiger partial charge in [0.25, 0.3) is 0 Å². The molecule has 0 aliphatic heterocycles. The molecule has 0 saturated carbocycles. The van der Waals surface area contributed by atoms with E-state index >= 15 is 0 Å². The van der Waals surface area contributed by atoms with Crippen molar-refractivity contribution in [2.75, 3.05) is 29.3 Å². The van der Waals surface area contributed by atoms with E-state index in [2.05, 4.69) is 37.8 Å². The predicted molar refractivity (Wildman–Crippen MR) is 112 cm³/mol. The Morgan fingerprint density at radius 3 is 2.74 bits per heavy atom. The first kappa shape index (κ1) is 20.0. The minimum Gasteiger partial charge on any atom is -0.392 e. The lowest BCUT2D eigenvalue weighted by Gasteiger charge is -2.13. The van der Waals surface area contributed by atoms with E-state index in [1.54, 1.807) is 31.6 Å². The van der Waals surface area contributed by atoms with Crippen molar-refractivity contribution in [1.82, 2.24) is 15.3 Å². The zero-order valence-electron chi connectivity index (χ0n) is 15.0. The van der Waals surface area contributed by atoms with Gasteiger partial charge in [0.15, 0.2) is 0 Å². The summed E-state index contributed by atoms with van der Waals surface area (Å²) in [7, 11) is 1.74. The molecule has 0 saturated heterocycles. The van der Waals surface area contributed by atoms with E-state index in [-0.39, 0.29) is 5.91 Å². The van der Waals surface area contributed by atoms with Crippen LogP contribution in [0.3, 0.4) is 0 Å². The van der Waals surface area contributed by atoms with Gasteiger partial charge in [0.1, 0.15) is 5.82 Å².